The first-order valence-electron chi connectivity index (χ1n) is 11.5. The number of hydrogen-bond acceptors (Lipinski definition) is 8. The minimum Gasteiger partial charge on any atom is -0.354 e. The second kappa shape index (κ2) is 9.93. The van der Waals surface area contributed by atoms with Crippen LogP contribution < -0.4 is 15.5 Å². The van der Waals surface area contributed by atoms with Crippen LogP contribution in [0.15, 0.2) is 54.9 Å². The number of hydrogen-bond donors (Lipinski definition) is 2. The summed E-state index contributed by atoms with van der Waals surface area (Å²) in [5.74, 6) is 1.18. The van der Waals surface area contributed by atoms with Gasteiger partial charge in [-0.25, -0.2) is 19.3 Å². The second-order valence-corrected chi connectivity index (χ2v) is 9.52. The van der Waals surface area contributed by atoms with Gasteiger partial charge in [-0.2, -0.15) is 0 Å². The lowest BCUT2D eigenvalue weighted by atomic mass is 10.1. The highest BCUT2D eigenvalue weighted by Crippen LogP contribution is 2.32. The molecule has 2 aromatic heterocycles. The minimum atomic E-state index is -0.210. The third kappa shape index (κ3) is 5.23. The summed E-state index contributed by atoms with van der Waals surface area (Å²) in [5.41, 5.74) is 2.72. The quantitative estimate of drug-likeness (QED) is 0.400. The van der Waals surface area contributed by atoms with E-state index in [9.17, 15) is 9.18 Å². The Bertz CT molecular complexity index is 1340. The fraction of sp³-hybridized carbons (Fsp3) is 0.280. The highest BCUT2D eigenvalue weighted by molar-refractivity contribution is 7.22. The number of amides is 1. The van der Waals surface area contributed by atoms with Crippen LogP contribution in [0.2, 0.25) is 0 Å². The molecule has 0 radical (unpaired) electrons. The summed E-state index contributed by atoms with van der Waals surface area (Å²) in [4.78, 5) is 29.5. The topological polar surface area (TPSA) is 86.3 Å². The number of nitrogens with zero attached hydrogens (tertiary/aromatic N) is 5. The van der Waals surface area contributed by atoms with Crippen LogP contribution in [0.3, 0.4) is 0 Å². The Balaban J connectivity index is 1.27. The molecule has 1 unspecified atom stereocenters. The number of carbonyl (C=O) groups is 1. The van der Waals surface area contributed by atoms with E-state index in [1.54, 1.807) is 6.33 Å². The third-order valence-corrected chi connectivity index (χ3v) is 7.09. The van der Waals surface area contributed by atoms with E-state index in [-0.39, 0.29) is 17.8 Å². The molecule has 0 aliphatic carbocycles. The Morgan fingerprint density at radius 2 is 1.86 bits per heavy atom. The molecule has 10 heteroatoms. The first kappa shape index (κ1) is 23.1. The Kier molecular flexibility index (Phi) is 6.56. The zero-order valence-electron chi connectivity index (χ0n) is 19.5. The summed E-state index contributed by atoms with van der Waals surface area (Å²) >= 11 is 1.43. The van der Waals surface area contributed by atoms with Crippen molar-refractivity contribution in [3.63, 3.8) is 0 Å². The highest BCUT2D eigenvalue weighted by Gasteiger charge is 2.23. The smallest absolute Gasteiger partial charge is 0.223 e. The van der Waals surface area contributed by atoms with Gasteiger partial charge in [-0.05, 0) is 36.8 Å². The van der Waals surface area contributed by atoms with Gasteiger partial charge in [0.05, 0.1) is 10.4 Å². The maximum absolute atomic E-state index is 13.3. The molecule has 0 spiro atoms. The van der Waals surface area contributed by atoms with Gasteiger partial charge in [0.2, 0.25) is 5.91 Å². The van der Waals surface area contributed by atoms with Crippen molar-refractivity contribution in [2.24, 2.45) is 0 Å². The second-order valence-electron chi connectivity index (χ2n) is 8.49. The molecular formula is C25H26FN7OS. The lowest BCUT2D eigenvalue weighted by Gasteiger charge is -2.38. The molecule has 4 aromatic rings. The number of rotatable bonds is 6. The van der Waals surface area contributed by atoms with E-state index in [2.05, 4.69) is 42.3 Å². The molecule has 1 aliphatic rings. The monoisotopic (exact) mass is 491 g/mol. The van der Waals surface area contributed by atoms with Crippen molar-refractivity contribution >= 4 is 49.9 Å². The Labute approximate surface area is 206 Å². The van der Waals surface area contributed by atoms with Gasteiger partial charge in [0.1, 0.15) is 29.3 Å². The number of fused-ring (bicyclic) bond motifs is 1. The van der Waals surface area contributed by atoms with Crippen LogP contribution in [0.1, 0.15) is 25.5 Å². The Morgan fingerprint density at radius 3 is 2.60 bits per heavy atom. The summed E-state index contributed by atoms with van der Waals surface area (Å²) in [5, 5.41) is 6.68. The van der Waals surface area contributed by atoms with Crippen LogP contribution in [0, 0.1) is 5.82 Å². The van der Waals surface area contributed by atoms with E-state index in [0.717, 1.165) is 53.5 Å². The van der Waals surface area contributed by atoms with Crippen LogP contribution in [0.25, 0.3) is 10.2 Å². The van der Waals surface area contributed by atoms with Crippen LogP contribution in [0.4, 0.5) is 26.8 Å². The predicted octanol–water partition coefficient (Wildman–Crippen LogP) is 4.81. The zero-order valence-corrected chi connectivity index (χ0v) is 20.3. The fourth-order valence-electron chi connectivity index (χ4n) is 4.27. The summed E-state index contributed by atoms with van der Waals surface area (Å²) in [6.07, 6.45) is 1.56. The van der Waals surface area contributed by atoms with Gasteiger partial charge < -0.3 is 15.5 Å². The van der Waals surface area contributed by atoms with E-state index < -0.39 is 0 Å². The van der Waals surface area contributed by atoms with Crippen molar-refractivity contribution in [2.75, 3.05) is 41.7 Å². The molecule has 1 saturated heterocycles. The highest BCUT2D eigenvalue weighted by atomic mass is 32.1. The number of aromatic nitrogens is 3. The third-order valence-electron chi connectivity index (χ3n) is 6.16. The number of anilines is 4. The lowest BCUT2D eigenvalue weighted by molar-refractivity contribution is -0.114. The molecule has 0 saturated carbocycles. The molecule has 1 fully saturated rings. The molecule has 3 heterocycles. The number of thiazole rings is 1. The van der Waals surface area contributed by atoms with E-state index in [4.69, 9.17) is 0 Å². The first-order valence-corrected chi connectivity index (χ1v) is 12.3. The molecule has 8 nitrogen and oxygen atoms in total. The van der Waals surface area contributed by atoms with E-state index in [1.165, 1.54) is 30.4 Å². The molecular weight excluding hydrogens is 465 g/mol. The van der Waals surface area contributed by atoms with Gasteiger partial charge in [-0.1, -0.05) is 29.5 Å². The van der Waals surface area contributed by atoms with Crippen molar-refractivity contribution in [1.82, 2.24) is 19.9 Å². The lowest BCUT2D eigenvalue weighted by Crippen LogP contribution is -2.47. The number of benzene rings is 2. The van der Waals surface area contributed by atoms with Gasteiger partial charge in [-0.3, -0.25) is 9.69 Å². The Morgan fingerprint density at radius 1 is 1.09 bits per heavy atom. The summed E-state index contributed by atoms with van der Waals surface area (Å²) in [7, 11) is 0. The van der Waals surface area contributed by atoms with E-state index in [0.29, 0.717) is 10.9 Å². The number of halogens is 1. The average Bonchev–Trinajstić information content (AvgIpc) is 3.27. The molecule has 35 heavy (non-hydrogen) atoms. The SMILES string of the molecule is CC(=O)Nc1nc2c(Nc3cc(N4CCN(C(C)c5ccc(F)cc5)CC4)ncn3)cccc2s1. The molecule has 0 bridgehead atoms. The summed E-state index contributed by atoms with van der Waals surface area (Å²) < 4.78 is 14.2. The molecule has 1 atom stereocenters. The van der Waals surface area contributed by atoms with Crippen molar-refractivity contribution in [2.45, 2.75) is 19.9 Å². The number of carbonyl (C=O) groups excluding carboxylic acids is 1. The summed E-state index contributed by atoms with van der Waals surface area (Å²) in [6, 6.07) is 14.8. The maximum atomic E-state index is 13.3. The van der Waals surface area contributed by atoms with Gasteiger partial charge in [0, 0.05) is 45.2 Å². The molecule has 180 valence electrons. The maximum Gasteiger partial charge on any atom is 0.223 e. The molecule has 2 N–H and O–H groups in total. The van der Waals surface area contributed by atoms with Gasteiger partial charge in [-0.15, -0.1) is 0 Å². The number of nitrogens with one attached hydrogen (secondary N) is 2. The van der Waals surface area contributed by atoms with Crippen molar-refractivity contribution < 1.29 is 9.18 Å². The van der Waals surface area contributed by atoms with E-state index in [1.807, 2.05) is 36.4 Å². The van der Waals surface area contributed by atoms with Crippen LogP contribution in [-0.4, -0.2) is 51.9 Å². The number of piperazine rings is 1. The number of para-hydroxylation sites is 1. The van der Waals surface area contributed by atoms with Crippen molar-refractivity contribution in [3.8, 4) is 0 Å². The van der Waals surface area contributed by atoms with Gasteiger partial charge >= 0.3 is 0 Å². The first-order chi connectivity index (χ1) is 17.0. The fourth-order valence-corrected chi connectivity index (χ4v) is 5.21. The molecule has 1 aliphatic heterocycles. The van der Waals surface area contributed by atoms with Crippen LogP contribution >= 0.6 is 11.3 Å². The molecule has 2 aromatic carbocycles. The molecule has 1 amide bonds. The average molecular weight is 492 g/mol. The van der Waals surface area contributed by atoms with Gasteiger partial charge in [0.25, 0.3) is 0 Å². The largest absolute Gasteiger partial charge is 0.354 e. The Hall–Kier alpha value is -3.63. The minimum absolute atomic E-state index is 0.147. The van der Waals surface area contributed by atoms with Crippen molar-refractivity contribution in [1.29, 1.82) is 0 Å². The normalized spacial score (nSPS) is 15.2. The van der Waals surface area contributed by atoms with Crippen LogP contribution in [0.5, 0.6) is 0 Å². The molecule has 5 rings (SSSR count). The standard InChI is InChI=1S/C25H26FN7OS/c1-16(18-6-8-19(26)9-7-18)32-10-12-33(13-11-32)23-14-22(27-15-28-23)30-20-4-3-5-21-24(20)31-25(35-21)29-17(2)34/h3-9,14-16H,10-13H2,1-2H3,(H,27,28,30)(H,29,31,34). The zero-order chi connectivity index (χ0) is 24.4. The van der Waals surface area contributed by atoms with E-state index >= 15 is 0 Å². The van der Waals surface area contributed by atoms with Gasteiger partial charge in [0.15, 0.2) is 5.13 Å². The predicted molar refractivity (Wildman–Crippen MR) is 138 cm³/mol. The summed E-state index contributed by atoms with van der Waals surface area (Å²) in [6.45, 7) is 7.07. The van der Waals surface area contributed by atoms with Crippen LogP contribution in [-0.2, 0) is 4.79 Å². The van der Waals surface area contributed by atoms with Crippen molar-refractivity contribution in [3.05, 3.63) is 66.2 Å².